The van der Waals surface area contributed by atoms with Crippen LogP contribution in [0.4, 0.5) is 8.78 Å². The molecular formula is C7H4F2N2O. The zero-order valence-electron chi connectivity index (χ0n) is 5.84. The molecule has 3 nitrogen and oxygen atoms in total. The molecule has 0 spiro atoms. The third-order valence-corrected chi connectivity index (χ3v) is 1.33. The molecule has 0 aliphatic carbocycles. The van der Waals surface area contributed by atoms with Crippen molar-refractivity contribution in [2.24, 2.45) is 0 Å². The van der Waals surface area contributed by atoms with Crippen LogP contribution in [0.15, 0.2) is 17.2 Å². The van der Waals surface area contributed by atoms with E-state index in [0.717, 1.165) is 12.4 Å². The zero-order valence-corrected chi connectivity index (χ0v) is 5.84. The fourth-order valence-corrected chi connectivity index (χ4v) is 0.747. The highest BCUT2D eigenvalue weighted by Gasteiger charge is 2.13. The van der Waals surface area contributed by atoms with E-state index in [2.05, 4.69) is 4.98 Å². The highest BCUT2D eigenvalue weighted by atomic mass is 19.3. The van der Waals surface area contributed by atoms with Crippen molar-refractivity contribution in [3.8, 4) is 6.07 Å². The first-order chi connectivity index (χ1) is 5.66. The minimum Gasteiger partial charge on any atom is -0.366 e. The van der Waals surface area contributed by atoms with E-state index >= 15 is 0 Å². The maximum Gasteiger partial charge on any atom is 0.269 e. The fraction of sp³-hybridized carbons (Fsp3) is 0.143. The molecular weight excluding hydrogens is 166 g/mol. The molecule has 0 radical (unpaired) electrons. The van der Waals surface area contributed by atoms with E-state index in [9.17, 15) is 13.6 Å². The summed E-state index contributed by atoms with van der Waals surface area (Å²) < 4.78 is 24.0. The van der Waals surface area contributed by atoms with E-state index in [4.69, 9.17) is 5.26 Å². The van der Waals surface area contributed by atoms with Gasteiger partial charge in [0.05, 0.1) is 5.56 Å². The standard InChI is InChI=1S/C7H4F2N2O/c8-7(9)5-3-11-2-4(1-10)6(5)12/h2-3,7H,(H,11,12). The van der Waals surface area contributed by atoms with Crippen LogP contribution in [0, 0.1) is 11.3 Å². The number of hydrogen-bond acceptors (Lipinski definition) is 2. The molecule has 1 aromatic heterocycles. The van der Waals surface area contributed by atoms with Crippen LogP contribution < -0.4 is 5.43 Å². The lowest BCUT2D eigenvalue weighted by molar-refractivity contribution is 0.149. The van der Waals surface area contributed by atoms with Gasteiger partial charge in [-0.2, -0.15) is 5.26 Å². The zero-order chi connectivity index (χ0) is 9.14. The first kappa shape index (κ1) is 8.40. The number of hydrogen-bond donors (Lipinski definition) is 1. The van der Waals surface area contributed by atoms with Crippen LogP contribution >= 0.6 is 0 Å². The molecule has 1 aromatic rings. The Morgan fingerprint density at radius 1 is 1.50 bits per heavy atom. The average Bonchev–Trinajstić information content (AvgIpc) is 2.04. The van der Waals surface area contributed by atoms with Gasteiger partial charge in [0.2, 0.25) is 5.43 Å². The molecule has 0 amide bonds. The summed E-state index contributed by atoms with van der Waals surface area (Å²) in [6, 6.07) is 1.51. The van der Waals surface area contributed by atoms with E-state index < -0.39 is 17.4 Å². The van der Waals surface area contributed by atoms with Crippen LogP contribution in [0.25, 0.3) is 0 Å². The van der Waals surface area contributed by atoms with Gasteiger partial charge in [0, 0.05) is 12.4 Å². The lowest BCUT2D eigenvalue weighted by Crippen LogP contribution is -2.12. The molecule has 0 aliphatic heterocycles. The molecule has 1 heterocycles. The number of pyridine rings is 1. The number of rotatable bonds is 1. The Bertz CT molecular complexity index is 378. The van der Waals surface area contributed by atoms with Gasteiger partial charge in [-0.25, -0.2) is 8.78 Å². The van der Waals surface area contributed by atoms with Crippen molar-refractivity contribution >= 4 is 0 Å². The topological polar surface area (TPSA) is 56.6 Å². The summed E-state index contributed by atoms with van der Waals surface area (Å²) in [7, 11) is 0. The van der Waals surface area contributed by atoms with Gasteiger partial charge < -0.3 is 4.98 Å². The average molecular weight is 170 g/mol. The maximum absolute atomic E-state index is 12.0. The second-order valence-corrected chi connectivity index (χ2v) is 2.07. The molecule has 5 heteroatoms. The first-order valence-corrected chi connectivity index (χ1v) is 3.06. The number of nitrogens with one attached hydrogen (secondary N) is 1. The number of nitrogens with zero attached hydrogens (tertiary/aromatic N) is 1. The van der Waals surface area contributed by atoms with Crippen LogP contribution in [-0.2, 0) is 0 Å². The molecule has 0 aliphatic rings. The van der Waals surface area contributed by atoms with Crippen molar-refractivity contribution in [3.05, 3.63) is 33.7 Å². The predicted octanol–water partition coefficient (Wildman–Crippen LogP) is 1.18. The molecule has 1 N–H and O–H groups in total. The normalized spacial score (nSPS) is 9.83. The van der Waals surface area contributed by atoms with Crippen LogP contribution in [0.5, 0.6) is 0 Å². The van der Waals surface area contributed by atoms with E-state index in [1.807, 2.05) is 0 Å². The Morgan fingerprint density at radius 3 is 2.67 bits per heavy atom. The minimum atomic E-state index is -2.85. The van der Waals surface area contributed by atoms with Crippen molar-refractivity contribution < 1.29 is 8.78 Å². The van der Waals surface area contributed by atoms with Gasteiger partial charge >= 0.3 is 0 Å². The second kappa shape index (κ2) is 3.13. The van der Waals surface area contributed by atoms with E-state index in [-0.39, 0.29) is 5.56 Å². The van der Waals surface area contributed by atoms with Gasteiger partial charge in [-0.3, -0.25) is 4.79 Å². The highest BCUT2D eigenvalue weighted by Crippen LogP contribution is 2.13. The van der Waals surface area contributed by atoms with E-state index in [1.165, 1.54) is 6.07 Å². The fourth-order valence-electron chi connectivity index (χ4n) is 0.747. The second-order valence-electron chi connectivity index (χ2n) is 2.07. The van der Waals surface area contributed by atoms with Gasteiger partial charge in [-0.15, -0.1) is 0 Å². The summed E-state index contributed by atoms with van der Waals surface area (Å²) in [5.74, 6) is 0. The number of alkyl halides is 2. The van der Waals surface area contributed by atoms with Gasteiger partial charge in [-0.1, -0.05) is 0 Å². The molecule has 0 bridgehead atoms. The predicted molar refractivity (Wildman–Crippen MR) is 36.7 cm³/mol. The summed E-state index contributed by atoms with van der Waals surface area (Å²) in [4.78, 5) is 13.2. The summed E-state index contributed by atoms with van der Waals surface area (Å²) in [5.41, 5.74) is -1.88. The number of nitriles is 1. The van der Waals surface area contributed by atoms with Gasteiger partial charge in [0.1, 0.15) is 11.6 Å². The highest BCUT2D eigenvalue weighted by molar-refractivity contribution is 5.29. The van der Waals surface area contributed by atoms with Crippen molar-refractivity contribution in [1.29, 1.82) is 5.26 Å². The van der Waals surface area contributed by atoms with Gasteiger partial charge in [-0.05, 0) is 0 Å². The van der Waals surface area contributed by atoms with E-state index in [0.29, 0.717) is 0 Å². The maximum atomic E-state index is 12.0. The molecule has 0 saturated heterocycles. The monoisotopic (exact) mass is 170 g/mol. The van der Waals surface area contributed by atoms with Crippen LogP contribution in [-0.4, -0.2) is 4.98 Å². The third-order valence-electron chi connectivity index (χ3n) is 1.33. The molecule has 1 rings (SSSR count). The summed E-state index contributed by atoms with van der Waals surface area (Å²) in [6.45, 7) is 0. The van der Waals surface area contributed by atoms with Crippen LogP contribution in [0.1, 0.15) is 17.6 Å². The Balaban J connectivity index is 3.36. The number of halogens is 2. The van der Waals surface area contributed by atoms with Crippen molar-refractivity contribution in [1.82, 2.24) is 4.98 Å². The van der Waals surface area contributed by atoms with Gasteiger partial charge in [0.25, 0.3) is 6.43 Å². The van der Waals surface area contributed by atoms with Gasteiger partial charge in [0.15, 0.2) is 0 Å². The molecule has 0 atom stereocenters. The Kier molecular flexibility index (Phi) is 2.19. The SMILES string of the molecule is N#Cc1c[nH]cc(C(F)F)c1=O. The summed E-state index contributed by atoms with van der Waals surface area (Å²) in [6.07, 6.45) is -0.857. The largest absolute Gasteiger partial charge is 0.366 e. The smallest absolute Gasteiger partial charge is 0.269 e. The molecule has 0 fully saturated rings. The number of H-pyrrole nitrogens is 1. The molecule has 0 saturated carbocycles. The summed E-state index contributed by atoms with van der Waals surface area (Å²) in [5, 5.41) is 8.31. The number of aromatic nitrogens is 1. The third kappa shape index (κ3) is 1.32. The minimum absolute atomic E-state index is 0.298. The lowest BCUT2D eigenvalue weighted by atomic mass is 10.2. The Morgan fingerprint density at radius 2 is 2.17 bits per heavy atom. The quantitative estimate of drug-likeness (QED) is 0.688. The Labute approximate surface area is 66.3 Å². The molecule has 62 valence electrons. The van der Waals surface area contributed by atoms with E-state index in [1.54, 1.807) is 0 Å². The van der Waals surface area contributed by atoms with Crippen LogP contribution in [0.3, 0.4) is 0 Å². The van der Waals surface area contributed by atoms with Crippen molar-refractivity contribution in [3.63, 3.8) is 0 Å². The molecule has 0 unspecified atom stereocenters. The number of aromatic amines is 1. The molecule has 0 aromatic carbocycles. The summed E-state index contributed by atoms with van der Waals surface area (Å²) >= 11 is 0. The molecule has 12 heavy (non-hydrogen) atoms. The van der Waals surface area contributed by atoms with Crippen molar-refractivity contribution in [2.75, 3.05) is 0 Å². The van der Waals surface area contributed by atoms with Crippen LogP contribution in [0.2, 0.25) is 0 Å². The first-order valence-electron chi connectivity index (χ1n) is 3.06. The van der Waals surface area contributed by atoms with Crippen molar-refractivity contribution in [2.45, 2.75) is 6.43 Å². The Hall–Kier alpha value is -1.70. The lowest BCUT2D eigenvalue weighted by Gasteiger charge is -1.96.